The van der Waals surface area contributed by atoms with Gasteiger partial charge in [0.15, 0.2) is 0 Å². The molecule has 3 heterocycles. The van der Waals surface area contributed by atoms with E-state index in [-0.39, 0.29) is 17.0 Å². The van der Waals surface area contributed by atoms with Crippen LogP contribution in [0.4, 0.5) is 19.3 Å². The smallest absolute Gasteiger partial charge is 0.414 e. The van der Waals surface area contributed by atoms with E-state index in [1.165, 1.54) is 12.3 Å². The van der Waals surface area contributed by atoms with Crippen molar-refractivity contribution in [2.45, 2.75) is 51.0 Å². The molecule has 9 heteroatoms. The second-order valence-corrected chi connectivity index (χ2v) is 10.7. The number of anilines is 1. The number of aromatic nitrogens is 1. The number of carbonyl (C=O) groups is 1. The second kappa shape index (κ2) is 9.89. The molecule has 206 valence electrons. The van der Waals surface area contributed by atoms with Crippen molar-refractivity contribution in [2.75, 3.05) is 5.32 Å². The number of benzene rings is 3. The third kappa shape index (κ3) is 4.61. The first kappa shape index (κ1) is 25.7. The molecule has 0 fully saturated rings. The average Bonchev–Trinajstić information content (AvgIpc) is 3.56. The lowest BCUT2D eigenvalue weighted by molar-refractivity contribution is -0.0347. The number of para-hydroxylation sites is 1. The van der Waals surface area contributed by atoms with E-state index < -0.39 is 41.6 Å². The standard InChI is InChI=1S/C31H29F2N3O4/c1-17-25-22(15-21(32)26(27(25)33)20-11-7-10-19-12-13-34-28(19)20)36-31(2,3)29(17)40-30(37)35-23-16-38-24(39-23)14-18-8-5-4-6-9-18/h4-13,15-17,24,29,34,36H,14H2,1-3H3,(H,35,37). The van der Waals surface area contributed by atoms with Gasteiger partial charge in [0.1, 0.15) is 24.0 Å². The third-order valence-corrected chi connectivity index (χ3v) is 7.48. The Morgan fingerprint density at radius 3 is 2.70 bits per heavy atom. The Labute approximate surface area is 230 Å². The normalized spacial score (nSPS) is 21.0. The fourth-order valence-electron chi connectivity index (χ4n) is 5.70. The van der Waals surface area contributed by atoms with Gasteiger partial charge in [-0.05, 0) is 36.9 Å². The number of alkyl carbamates (subject to hydrolysis) is 1. The summed E-state index contributed by atoms with van der Waals surface area (Å²) in [6, 6.07) is 18.2. The summed E-state index contributed by atoms with van der Waals surface area (Å²) in [5, 5.41) is 6.59. The summed E-state index contributed by atoms with van der Waals surface area (Å²) in [5.41, 5.74) is 1.70. The molecular weight excluding hydrogens is 516 g/mol. The van der Waals surface area contributed by atoms with Gasteiger partial charge in [-0.1, -0.05) is 55.5 Å². The highest BCUT2D eigenvalue weighted by molar-refractivity contribution is 5.95. The fraction of sp³-hybridized carbons (Fsp3) is 0.258. The van der Waals surface area contributed by atoms with Crippen LogP contribution in [-0.2, 0) is 20.6 Å². The summed E-state index contributed by atoms with van der Waals surface area (Å²) in [7, 11) is 0. The van der Waals surface area contributed by atoms with Crippen LogP contribution in [0.15, 0.2) is 79.0 Å². The lowest BCUT2D eigenvalue weighted by atomic mass is 9.77. The van der Waals surface area contributed by atoms with Crippen molar-refractivity contribution in [3.8, 4) is 11.1 Å². The zero-order chi connectivity index (χ0) is 28.0. The number of ether oxygens (including phenoxy) is 3. The van der Waals surface area contributed by atoms with Crippen molar-refractivity contribution < 1.29 is 27.8 Å². The minimum Gasteiger partial charge on any atom is -0.457 e. The van der Waals surface area contributed by atoms with Crippen molar-refractivity contribution in [3.63, 3.8) is 0 Å². The molecule has 0 radical (unpaired) electrons. The van der Waals surface area contributed by atoms with Gasteiger partial charge in [-0.25, -0.2) is 13.6 Å². The van der Waals surface area contributed by atoms with Gasteiger partial charge in [-0.3, -0.25) is 5.32 Å². The SMILES string of the molecule is CC1c2c(cc(F)c(-c3cccc4cc[nH]c34)c2F)NC(C)(C)C1OC(=O)NC1=COC(Cc2ccccc2)O1. The maximum absolute atomic E-state index is 16.2. The van der Waals surface area contributed by atoms with Crippen LogP contribution < -0.4 is 10.6 Å². The molecule has 2 aliphatic heterocycles. The first-order chi connectivity index (χ1) is 19.2. The first-order valence-corrected chi connectivity index (χ1v) is 13.1. The van der Waals surface area contributed by atoms with Gasteiger partial charge in [0.05, 0.1) is 16.6 Å². The maximum atomic E-state index is 16.2. The van der Waals surface area contributed by atoms with Crippen LogP contribution in [0.3, 0.4) is 0 Å². The molecule has 3 unspecified atom stereocenters. The van der Waals surface area contributed by atoms with Crippen molar-refractivity contribution >= 4 is 22.7 Å². The van der Waals surface area contributed by atoms with Gasteiger partial charge in [0.2, 0.25) is 12.2 Å². The number of hydrogen-bond acceptors (Lipinski definition) is 5. The average molecular weight is 546 g/mol. The van der Waals surface area contributed by atoms with Gasteiger partial charge in [0.25, 0.3) is 0 Å². The number of hydrogen-bond donors (Lipinski definition) is 3. The van der Waals surface area contributed by atoms with Crippen LogP contribution in [0.1, 0.15) is 37.8 Å². The summed E-state index contributed by atoms with van der Waals surface area (Å²) in [4.78, 5) is 16.0. The lowest BCUT2D eigenvalue weighted by Crippen LogP contribution is -2.53. The highest BCUT2D eigenvalue weighted by Crippen LogP contribution is 2.46. The summed E-state index contributed by atoms with van der Waals surface area (Å²) in [6.07, 6.45) is 1.41. The van der Waals surface area contributed by atoms with Crippen molar-refractivity contribution in [3.05, 3.63) is 102 Å². The summed E-state index contributed by atoms with van der Waals surface area (Å²) in [5.74, 6) is -1.85. The van der Waals surface area contributed by atoms with Gasteiger partial charge >= 0.3 is 6.09 Å². The second-order valence-electron chi connectivity index (χ2n) is 10.7. The molecule has 7 nitrogen and oxygen atoms in total. The summed E-state index contributed by atoms with van der Waals surface area (Å²) >= 11 is 0. The molecule has 4 aromatic rings. The number of nitrogens with one attached hydrogen (secondary N) is 3. The van der Waals surface area contributed by atoms with Gasteiger partial charge in [-0.2, -0.15) is 0 Å². The monoisotopic (exact) mass is 545 g/mol. The third-order valence-electron chi connectivity index (χ3n) is 7.48. The Bertz CT molecular complexity index is 1620. The molecule has 3 atom stereocenters. The van der Waals surface area contributed by atoms with E-state index in [1.807, 2.05) is 56.3 Å². The molecule has 3 N–H and O–H groups in total. The zero-order valence-corrected chi connectivity index (χ0v) is 22.3. The van der Waals surface area contributed by atoms with Crippen LogP contribution in [0.2, 0.25) is 0 Å². The molecular formula is C31H29F2N3O4. The molecule has 3 aromatic carbocycles. The number of carbonyl (C=O) groups excluding carboxylic acids is 1. The molecule has 40 heavy (non-hydrogen) atoms. The quantitative estimate of drug-likeness (QED) is 0.253. The van der Waals surface area contributed by atoms with Crippen molar-refractivity contribution in [2.24, 2.45) is 0 Å². The lowest BCUT2D eigenvalue weighted by Gasteiger charge is -2.44. The van der Waals surface area contributed by atoms with E-state index in [9.17, 15) is 4.79 Å². The topological polar surface area (TPSA) is 84.6 Å². The van der Waals surface area contributed by atoms with Crippen LogP contribution >= 0.6 is 0 Å². The van der Waals surface area contributed by atoms with E-state index in [0.29, 0.717) is 23.2 Å². The molecule has 0 bridgehead atoms. The largest absolute Gasteiger partial charge is 0.457 e. The minimum absolute atomic E-state index is 0.120. The molecule has 1 aromatic heterocycles. The van der Waals surface area contributed by atoms with Crippen LogP contribution in [0, 0.1) is 11.6 Å². The number of halogens is 2. The number of fused-ring (bicyclic) bond motifs is 2. The summed E-state index contributed by atoms with van der Waals surface area (Å²) < 4.78 is 48.7. The van der Waals surface area contributed by atoms with Crippen molar-refractivity contribution in [1.29, 1.82) is 0 Å². The van der Waals surface area contributed by atoms with E-state index in [0.717, 1.165) is 10.9 Å². The number of H-pyrrole nitrogens is 1. The predicted octanol–water partition coefficient (Wildman–Crippen LogP) is 6.93. The van der Waals surface area contributed by atoms with Gasteiger partial charge in [0, 0.05) is 35.3 Å². The number of aromatic amines is 1. The van der Waals surface area contributed by atoms with E-state index in [4.69, 9.17) is 14.2 Å². The molecule has 1 amide bonds. The highest BCUT2D eigenvalue weighted by Gasteiger charge is 2.45. The Morgan fingerprint density at radius 2 is 1.90 bits per heavy atom. The Hall–Kier alpha value is -4.53. The van der Waals surface area contributed by atoms with Crippen LogP contribution in [0.25, 0.3) is 22.0 Å². The van der Waals surface area contributed by atoms with E-state index in [1.54, 1.807) is 25.3 Å². The van der Waals surface area contributed by atoms with Crippen molar-refractivity contribution in [1.82, 2.24) is 10.3 Å². The predicted molar refractivity (Wildman–Crippen MR) is 147 cm³/mol. The zero-order valence-electron chi connectivity index (χ0n) is 22.3. The fourth-order valence-corrected chi connectivity index (χ4v) is 5.70. The Balaban J connectivity index is 1.22. The molecule has 0 saturated heterocycles. The molecule has 0 aliphatic carbocycles. The van der Waals surface area contributed by atoms with Crippen LogP contribution in [0.5, 0.6) is 0 Å². The first-order valence-electron chi connectivity index (χ1n) is 13.1. The van der Waals surface area contributed by atoms with E-state index in [2.05, 4.69) is 15.6 Å². The molecule has 0 saturated carbocycles. The highest BCUT2D eigenvalue weighted by atomic mass is 19.1. The minimum atomic E-state index is -0.832. The van der Waals surface area contributed by atoms with Gasteiger partial charge < -0.3 is 24.5 Å². The number of rotatable bonds is 5. The summed E-state index contributed by atoms with van der Waals surface area (Å²) in [6.45, 7) is 5.40. The number of amides is 1. The van der Waals surface area contributed by atoms with Crippen LogP contribution in [-0.4, -0.2) is 29.0 Å². The molecule has 2 aliphatic rings. The maximum Gasteiger partial charge on any atom is 0.414 e. The van der Waals surface area contributed by atoms with Gasteiger partial charge in [-0.15, -0.1) is 0 Å². The molecule has 6 rings (SSSR count). The molecule has 0 spiro atoms. The Morgan fingerprint density at radius 1 is 1.10 bits per heavy atom. The van der Waals surface area contributed by atoms with E-state index >= 15 is 8.78 Å². The Kier molecular flexibility index (Phi) is 6.37.